The van der Waals surface area contributed by atoms with Crippen LogP contribution >= 0.6 is 0 Å². The predicted molar refractivity (Wildman–Crippen MR) is 203 cm³/mol. The number of phenols is 2. The molecule has 4 N–H and O–H groups in total. The van der Waals surface area contributed by atoms with Crippen molar-refractivity contribution in [2.24, 2.45) is 0 Å². The highest BCUT2D eigenvalue weighted by molar-refractivity contribution is 5.78. The van der Waals surface area contributed by atoms with Gasteiger partial charge in [0.15, 0.2) is 13.2 Å². The molecule has 1 aliphatic rings. The third-order valence-corrected chi connectivity index (χ3v) is 9.37. The molecule has 6 aromatic rings. The highest BCUT2D eigenvalue weighted by atomic mass is 16.5. The molecule has 2 aromatic heterocycles. The van der Waals surface area contributed by atoms with Crippen LogP contribution in [-0.4, -0.2) is 45.2 Å². The van der Waals surface area contributed by atoms with E-state index in [0.717, 1.165) is 33.6 Å². The lowest BCUT2D eigenvalue weighted by molar-refractivity contribution is -0.124. The lowest BCUT2D eigenvalue weighted by Crippen LogP contribution is -2.29. The zero-order valence-corrected chi connectivity index (χ0v) is 29.6. The lowest BCUT2D eigenvalue weighted by atomic mass is 9.91. The van der Waals surface area contributed by atoms with Crippen LogP contribution in [0.2, 0.25) is 0 Å². The number of nitrogens with zero attached hydrogens (tertiary/aromatic N) is 2. The molecule has 0 fully saturated rings. The van der Waals surface area contributed by atoms with Crippen LogP contribution < -0.4 is 20.1 Å². The summed E-state index contributed by atoms with van der Waals surface area (Å²) in [6, 6.07) is 33.8. The van der Waals surface area contributed by atoms with E-state index in [-0.39, 0.29) is 49.6 Å². The molecule has 0 aliphatic heterocycles. The topological polar surface area (TPSA) is 143 Å². The van der Waals surface area contributed by atoms with E-state index in [9.17, 15) is 19.8 Å². The minimum atomic E-state index is -0.303. The summed E-state index contributed by atoms with van der Waals surface area (Å²) in [4.78, 5) is 34.4. The maximum Gasteiger partial charge on any atom is 0.258 e. The summed E-state index contributed by atoms with van der Waals surface area (Å²) in [7, 11) is 0. The Bertz CT molecular complexity index is 2020. The van der Waals surface area contributed by atoms with Crippen LogP contribution in [-0.2, 0) is 48.4 Å². The van der Waals surface area contributed by atoms with E-state index in [4.69, 9.17) is 9.47 Å². The standard InChI is InChI=1S/C44H40N4O6/c49-39(47-25-37-17-1-3-19-45-37)27-53-43-33-13-7-14-34(43)22-30-10-6-12-32(42(30)52)24-36-16-8-15-35(23-31-11-5-9-29(21-33)41(31)51)44(36)54-28-40(50)48-26-38-18-2-4-20-46-38/h1-20,51-52H,21-28H2,(H,47,49)(H,48,50). The first-order valence-corrected chi connectivity index (χ1v) is 17.8. The number of carbonyl (C=O) groups excluding carboxylic acids is 2. The minimum absolute atomic E-state index is 0.140. The fourth-order valence-corrected chi connectivity index (χ4v) is 6.65. The number of aromatic nitrogens is 2. The highest BCUT2D eigenvalue weighted by Gasteiger charge is 2.21. The van der Waals surface area contributed by atoms with Crippen molar-refractivity contribution in [1.29, 1.82) is 0 Å². The molecule has 54 heavy (non-hydrogen) atoms. The molecule has 1 aliphatic carbocycles. The molecule has 0 radical (unpaired) electrons. The van der Waals surface area contributed by atoms with Crippen molar-refractivity contribution in [2.45, 2.75) is 38.8 Å². The predicted octanol–water partition coefficient (Wildman–Crippen LogP) is 5.95. The number of pyridine rings is 2. The van der Waals surface area contributed by atoms with E-state index in [1.165, 1.54) is 0 Å². The van der Waals surface area contributed by atoms with Gasteiger partial charge in [-0.05, 0) is 68.8 Å². The number of rotatable bonds is 10. The average molecular weight is 721 g/mol. The number of phenolic OH excluding ortho intramolecular Hbond substituents is 2. The molecule has 2 heterocycles. The zero-order chi connectivity index (χ0) is 37.3. The molecular weight excluding hydrogens is 681 g/mol. The van der Waals surface area contributed by atoms with Crippen molar-refractivity contribution in [3.8, 4) is 23.0 Å². The van der Waals surface area contributed by atoms with Gasteiger partial charge in [0.2, 0.25) is 0 Å². The third kappa shape index (κ3) is 8.67. The van der Waals surface area contributed by atoms with Crippen molar-refractivity contribution < 1.29 is 29.3 Å². The molecule has 10 nitrogen and oxygen atoms in total. The summed E-state index contributed by atoms with van der Waals surface area (Å²) >= 11 is 0. The van der Waals surface area contributed by atoms with Crippen LogP contribution in [0.4, 0.5) is 0 Å². The van der Waals surface area contributed by atoms with Gasteiger partial charge in [0.1, 0.15) is 23.0 Å². The quantitative estimate of drug-likeness (QED) is 0.136. The Morgan fingerprint density at radius 3 is 1.13 bits per heavy atom. The molecule has 8 bridgehead atoms. The number of carbonyl (C=O) groups is 2. The Morgan fingerprint density at radius 2 is 0.815 bits per heavy atom. The van der Waals surface area contributed by atoms with E-state index >= 15 is 0 Å². The van der Waals surface area contributed by atoms with Gasteiger partial charge in [-0.2, -0.15) is 0 Å². The van der Waals surface area contributed by atoms with Gasteiger partial charge >= 0.3 is 0 Å². The Balaban J connectivity index is 1.20. The maximum atomic E-state index is 12.9. The number of nitrogens with one attached hydrogen (secondary N) is 2. The summed E-state index contributed by atoms with van der Waals surface area (Å²) in [5, 5.41) is 29.1. The van der Waals surface area contributed by atoms with Crippen LogP contribution in [0.3, 0.4) is 0 Å². The van der Waals surface area contributed by atoms with Gasteiger partial charge in [-0.3, -0.25) is 19.6 Å². The molecule has 0 saturated heterocycles. The smallest absolute Gasteiger partial charge is 0.258 e. The minimum Gasteiger partial charge on any atom is -0.507 e. The SMILES string of the molecule is O=C(COc1c2cccc1Cc1cccc(c1O)Cc1cccc(c1OCC(=O)NCc1ccccn1)Cc1cccc(c1O)C2)NCc1ccccn1. The van der Waals surface area contributed by atoms with E-state index < -0.39 is 0 Å². The molecule has 7 rings (SSSR count). The van der Waals surface area contributed by atoms with E-state index in [1.807, 2.05) is 109 Å². The summed E-state index contributed by atoms with van der Waals surface area (Å²) in [6.07, 6.45) is 4.65. The Morgan fingerprint density at radius 1 is 0.481 bits per heavy atom. The third-order valence-electron chi connectivity index (χ3n) is 9.37. The number of fused-ring (bicyclic) bond motifs is 8. The van der Waals surface area contributed by atoms with Crippen molar-refractivity contribution in [1.82, 2.24) is 20.6 Å². The van der Waals surface area contributed by atoms with Crippen LogP contribution in [0.25, 0.3) is 0 Å². The Kier molecular flexibility index (Phi) is 11.1. The van der Waals surface area contributed by atoms with E-state index in [1.54, 1.807) is 12.4 Å². The van der Waals surface area contributed by atoms with E-state index in [2.05, 4.69) is 20.6 Å². The molecule has 10 heteroatoms. The van der Waals surface area contributed by atoms with Gasteiger partial charge in [-0.25, -0.2) is 0 Å². The molecular formula is C44H40N4O6. The molecule has 4 aromatic carbocycles. The largest absolute Gasteiger partial charge is 0.507 e. The second-order valence-electron chi connectivity index (χ2n) is 13.1. The molecule has 0 unspecified atom stereocenters. The fourth-order valence-electron chi connectivity index (χ4n) is 6.65. The van der Waals surface area contributed by atoms with Crippen molar-refractivity contribution in [3.05, 3.63) is 177 Å². The first kappa shape index (κ1) is 35.7. The number of hydrogen-bond donors (Lipinski definition) is 4. The van der Waals surface area contributed by atoms with E-state index in [0.29, 0.717) is 59.4 Å². The molecule has 2 amide bonds. The van der Waals surface area contributed by atoms with Gasteiger partial charge in [-0.1, -0.05) is 84.9 Å². The second-order valence-corrected chi connectivity index (χ2v) is 13.1. The van der Waals surface area contributed by atoms with Gasteiger partial charge in [0.05, 0.1) is 24.5 Å². The van der Waals surface area contributed by atoms with Crippen molar-refractivity contribution in [3.63, 3.8) is 0 Å². The number of benzene rings is 4. The summed E-state index contributed by atoms with van der Waals surface area (Å²) < 4.78 is 12.6. The number of hydrogen-bond acceptors (Lipinski definition) is 8. The number of ether oxygens (including phenoxy) is 2. The van der Waals surface area contributed by atoms with Gasteiger partial charge in [0.25, 0.3) is 11.8 Å². The molecule has 0 spiro atoms. The second kappa shape index (κ2) is 16.8. The first-order valence-electron chi connectivity index (χ1n) is 17.8. The van der Waals surface area contributed by atoms with Crippen LogP contribution in [0.5, 0.6) is 23.0 Å². The molecule has 272 valence electrons. The average Bonchev–Trinajstić information content (AvgIpc) is 3.19. The Labute approximate surface area is 313 Å². The van der Waals surface area contributed by atoms with Gasteiger partial charge < -0.3 is 30.3 Å². The summed E-state index contributed by atoms with van der Waals surface area (Å²) in [5.74, 6) is 0.720. The monoisotopic (exact) mass is 720 g/mol. The number of amides is 2. The van der Waals surface area contributed by atoms with Crippen LogP contribution in [0.1, 0.15) is 55.9 Å². The summed E-state index contributed by atoms with van der Waals surface area (Å²) in [6.45, 7) is 0.0840. The lowest BCUT2D eigenvalue weighted by Gasteiger charge is -2.20. The van der Waals surface area contributed by atoms with Crippen LogP contribution in [0, 0.1) is 0 Å². The van der Waals surface area contributed by atoms with Gasteiger partial charge in [0, 0.05) is 38.1 Å². The first-order chi connectivity index (χ1) is 26.4. The van der Waals surface area contributed by atoms with Crippen molar-refractivity contribution in [2.75, 3.05) is 13.2 Å². The molecule has 0 atom stereocenters. The summed E-state index contributed by atoms with van der Waals surface area (Å²) in [5.41, 5.74) is 7.31. The number of para-hydroxylation sites is 4. The Hall–Kier alpha value is -6.68. The fraction of sp³-hybridized carbons (Fsp3) is 0.182. The van der Waals surface area contributed by atoms with Crippen molar-refractivity contribution >= 4 is 11.8 Å². The molecule has 0 saturated carbocycles. The van der Waals surface area contributed by atoms with Crippen LogP contribution in [0.15, 0.2) is 122 Å². The zero-order valence-electron chi connectivity index (χ0n) is 29.6. The van der Waals surface area contributed by atoms with Gasteiger partial charge in [-0.15, -0.1) is 0 Å². The number of aromatic hydroxyl groups is 2. The highest BCUT2D eigenvalue weighted by Crippen LogP contribution is 2.38. The normalized spacial score (nSPS) is 12.0. The maximum absolute atomic E-state index is 12.9.